The molecule has 0 fully saturated rings. The van der Waals surface area contributed by atoms with Gasteiger partial charge in [-0.05, 0) is 37.6 Å². The number of nitrogens with zero attached hydrogens (tertiary/aromatic N) is 3. The largest absolute Gasteiger partial charge is 0.330 e. The lowest BCUT2D eigenvalue weighted by Crippen LogP contribution is -2.15. The fourth-order valence-electron chi connectivity index (χ4n) is 1.78. The van der Waals surface area contributed by atoms with Crippen LogP contribution >= 0.6 is 0 Å². The van der Waals surface area contributed by atoms with Crippen LogP contribution in [0.2, 0.25) is 0 Å². The molecular formula is C14H18N4. The van der Waals surface area contributed by atoms with Gasteiger partial charge >= 0.3 is 0 Å². The number of hydrogen-bond acceptors (Lipinski definition) is 4. The number of aryl methyl sites for hydroxylation is 1. The highest BCUT2D eigenvalue weighted by Gasteiger charge is 2.08. The van der Waals surface area contributed by atoms with Crippen molar-refractivity contribution < 1.29 is 0 Å². The maximum absolute atomic E-state index is 5.64. The molecule has 1 atom stereocenters. The van der Waals surface area contributed by atoms with Crippen LogP contribution in [0.15, 0.2) is 30.6 Å². The van der Waals surface area contributed by atoms with E-state index in [1.54, 1.807) is 6.20 Å². The number of pyridine rings is 1. The lowest BCUT2D eigenvalue weighted by atomic mass is 10.1. The molecule has 0 radical (unpaired) electrons. The van der Waals surface area contributed by atoms with E-state index in [1.807, 2.05) is 31.3 Å². The Balaban J connectivity index is 2.32. The van der Waals surface area contributed by atoms with Crippen molar-refractivity contribution in [2.24, 2.45) is 11.7 Å². The van der Waals surface area contributed by atoms with Crippen LogP contribution < -0.4 is 5.73 Å². The monoisotopic (exact) mass is 242 g/mol. The molecule has 2 aromatic rings. The van der Waals surface area contributed by atoms with Crippen molar-refractivity contribution in [2.75, 3.05) is 6.54 Å². The Labute approximate surface area is 107 Å². The molecule has 0 saturated heterocycles. The van der Waals surface area contributed by atoms with Gasteiger partial charge in [0, 0.05) is 30.1 Å². The second-order valence-corrected chi connectivity index (χ2v) is 4.60. The zero-order valence-corrected chi connectivity index (χ0v) is 10.8. The summed E-state index contributed by atoms with van der Waals surface area (Å²) in [6.45, 7) is 4.74. The molecule has 0 aliphatic carbocycles. The van der Waals surface area contributed by atoms with Crippen molar-refractivity contribution in [1.82, 2.24) is 15.0 Å². The van der Waals surface area contributed by atoms with Gasteiger partial charge in [0.25, 0.3) is 0 Å². The average Bonchev–Trinajstić information content (AvgIpc) is 2.39. The highest BCUT2D eigenvalue weighted by Crippen LogP contribution is 2.17. The van der Waals surface area contributed by atoms with Crippen LogP contribution in [0.25, 0.3) is 11.3 Å². The van der Waals surface area contributed by atoms with Gasteiger partial charge in [-0.1, -0.05) is 6.92 Å². The summed E-state index contributed by atoms with van der Waals surface area (Å²) < 4.78 is 0. The minimum atomic E-state index is 0.397. The molecule has 0 aliphatic heterocycles. The summed E-state index contributed by atoms with van der Waals surface area (Å²) in [5.41, 5.74) is 8.56. The van der Waals surface area contributed by atoms with E-state index in [0.717, 1.165) is 29.2 Å². The first-order valence-electron chi connectivity index (χ1n) is 6.14. The molecular weight excluding hydrogens is 224 g/mol. The summed E-state index contributed by atoms with van der Waals surface area (Å²) in [6, 6.07) is 5.90. The van der Waals surface area contributed by atoms with Crippen LogP contribution in [-0.4, -0.2) is 21.5 Å². The van der Waals surface area contributed by atoms with E-state index in [2.05, 4.69) is 21.9 Å². The Hall–Kier alpha value is -1.81. The highest BCUT2D eigenvalue weighted by molar-refractivity contribution is 5.57. The standard InChI is InChI=1S/C14H18N4/c1-10(8-15)6-14-17-11(2)7-13(18-14)12-4-3-5-16-9-12/h3-5,7,9-10H,6,8,15H2,1-2H3. The second kappa shape index (κ2) is 5.69. The lowest BCUT2D eigenvalue weighted by molar-refractivity contribution is 0.573. The Kier molecular flexibility index (Phi) is 3.99. The van der Waals surface area contributed by atoms with Crippen LogP contribution in [0.1, 0.15) is 18.4 Å². The Bertz CT molecular complexity index is 510. The van der Waals surface area contributed by atoms with Gasteiger partial charge in [0.1, 0.15) is 5.82 Å². The topological polar surface area (TPSA) is 64.7 Å². The average molecular weight is 242 g/mol. The molecule has 0 aromatic carbocycles. The predicted octanol–water partition coefficient (Wildman–Crippen LogP) is 1.98. The van der Waals surface area contributed by atoms with Crippen molar-refractivity contribution >= 4 is 0 Å². The normalized spacial score (nSPS) is 12.4. The molecule has 4 nitrogen and oxygen atoms in total. The van der Waals surface area contributed by atoms with Gasteiger partial charge in [0.2, 0.25) is 0 Å². The van der Waals surface area contributed by atoms with Crippen LogP contribution in [-0.2, 0) is 6.42 Å². The van der Waals surface area contributed by atoms with Gasteiger partial charge in [0.05, 0.1) is 5.69 Å². The molecule has 2 N–H and O–H groups in total. The molecule has 0 spiro atoms. The van der Waals surface area contributed by atoms with E-state index >= 15 is 0 Å². The SMILES string of the molecule is Cc1cc(-c2cccnc2)nc(CC(C)CN)n1. The first kappa shape index (κ1) is 12.6. The molecule has 2 aromatic heterocycles. The molecule has 0 amide bonds. The quantitative estimate of drug-likeness (QED) is 0.890. The summed E-state index contributed by atoms with van der Waals surface area (Å²) in [5, 5.41) is 0. The van der Waals surface area contributed by atoms with E-state index in [4.69, 9.17) is 5.73 Å². The van der Waals surface area contributed by atoms with Gasteiger partial charge in [0.15, 0.2) is 0 Å². The van der Waals surface area contributed by atoms with Crippen molar-refractivity contribution in [3.8, 4) is 11.3 Å². The van der Waals surface area contributed by atoms with Crippen LogP contribution in [0.3, 0.4) is 0 Å². The number of nitrogens with two attached hydrogens (primary N) is 1. The van der Waals surface area contributed by atoms with Gasteiger partial charge in [-0.2, -0.15) is 0 Å². The first-order valence-corrected chi connectivity index (χ1v) is 6.14. The van der Waals surface area contributed by atoms with E-state index < -0.39 is 0 Å². The molecule has 0 aliphatic rings. The minimum Gasteiger partial charge on any atom is -0.330 e. The summed E-state index contributed by atoms with van der Waals surface area (Å²) in [6.07, 6.45) is 4.39. The van der Waals surface area contributed by atoms with E-state index in [9.17, 15) is 0 Å². The first-order chi connectivity index (χ1) is 8.69. The zero-order chi connectivity index (χ0) is 13.0. The number of aromatic nitrogens is 3. The maximum Gasteiger partial charge on any atom is 0.129 e. The highest BCUT2D eigenvalue weighted by atomic mass is 14.9. The van der Waals surface area contributed by atoms with Crippen molar-refractivity contribution in [3.05, 3.63) is 42.1 Å². The Morgan fingerprint density at radius 3 is 2.83 bits per heavy atom. The van der Waals surface area contributed by atoms with Gasteiger partial charge in [-0.3, -0.25) is 4.98 Å². The van der Waals surface area contributed by atoms with Crippen LogP contribution in [0, 0.1) is 12.8 Å². The molecule has 2 rings (SSSR count). The summed E-state index contributed by atoms with van der Waals surface area (Å²) in [5.74, 6) is 1.25. The van der Waals surface area contributed by atoms with Gasteiger partial charge in [-0.15, -0.1) is 0 Å². The third-order valence-corrected chi connectivity index (χ3v) is 2.79. The predicted molar refractivity (Wildman–Crippen MR) is 71.9 cm³/mol. The molecule has 2 heterocycles. The molecule has 0 bridgehead atoms. The second-order valence-electron chi connectivity index (χ2n) is 4.60. The fourth-order valence-corrected chi connectivity index (χ4v) is 1.78. The van der Waals surface area contributed by atoms with Crippen LogP contribution in [0.5, 0.6) is 0 Å². The zero-order valence-electron chi connectivity index (χ0n) is 10.8. The third-order valence-electron chi connectivity index (χ3n) is 2.79. The Morgan fingerprint density at radius 1 is 1.33 bits per heavy atom. The molecule has 1 unspecified atom stereocenters. The number of hydrogen-bond donors (Lipinski definition) is 1. The molecule has 0 saturated carbocycles. The molecule has 4 heteroatoms. The molecule has 94 valence electrons. The van der Waals surface area contributed by atoms with Crippen molar-refractivity contribution in [3.63, 3.8) is 0 Å². The van der Waals surface area contributed by atoms with E-state index in [1.165, 1.54) is 0 Å². The van der Waals surface area contributed by atoms with E-state index in [0.29, 0.717) is 12.5 Å². The molecule has 18 heavy (non-hydrogen) atoms. The number of rotatable bonds is 4. The summed E-state index contributed by atoms with van der Waals surface area (Å²) >= 11 is 0. The van der Waals surface area contributed by atoms with E-state index in [-0.39, 0.29) is 0 Å². The maximum atomic E-state index is 5.64. The fraction of sp³-hybridized carbons (Fsp3) is 0.357. The third kappa shape index (κ3) is 3.11. The lowest BCUT2D eigenvalue weighted by Gasteiger charge is -2.09. The van der Waals surface area contributed by atoms with Gasteiger partial charge < -0.3 is 5.73 Å². The van der Waals surface area contributed by atoms with Crippen molar-refractivity contribution in [1.29, 1.82) is 0 Å². The minimum absolute atomic E-state index is 0.397. The summed E-state index contributed by atoms with van der Waals surface area (Å²) in [7, 11) is 0. The Morgan fingerprint density at radius 2 is 2.17 bits per heavy atom. The summed E-state index contributed by atoms with van der Waals surface area (Å²) in [4.78, 5) is 13.2. The van der Waals surface area contributed by atoms with Crippen molar-refractivity contribution in [2.45, 2.75) is 20.3 Å². The smallest absolute Gasteiger partial charge is 0.129 e. The van der Waals surface area contributed by atoms with Gasteiger partial charge in [-0.25, -0.2) is 9.97 Å². The van der Waals surface area contributed by atoms with Crippen LogP contribution in [0.4, 0.5) is 0 Å².